The predicted molar refractivity (Wildman–Crippen MR) is 131 cm³/mol. The van der Waals surface area contributed by atoms with Gasteiger partial charge < -0.3 is 0 Å². The van der Waals surface area contributed by atoms with Crippen molar-refractivity contribution >= 4 is 22.5 Å². The molecule has 0 aliphatic heterocycles. The molecule has 0 amide bonds. The van der Waals surface area contributed by atoms with Gasteiger partial charge in [0.2, 0.25) is 0 Å². The standard InChI is InChI=1S/C31H20O/c32-31-29(25-17-9-3-10-18-25)27(22-21-23-13-5-1-6-14-23)28(24-15-7-2-8-16-24)30(31)26-19-11-4-12-20-26/h1-20H. The molecule has 0 saturated carbocycles. The molecule has 0 fully saturated rings. The zero-order valence-electron chi connectivity index (χ0n) is 17.5. The fourth-order valence-corrected chi connectivity index (χ4v) is 4.04. The molecule has 4 aromatic carbocycles. The third-order valence-electron chi connectivity index (χ3n) is 5.50. The van der Waals surface area contributed by atoms with E-state index in [1.807, 2.05) is 121 Å². The van der Waals surface area contributed by atoms with E-state index < -0.39 is 0 Å². The first kappa shape index (κ1) is 19.5. The lowest BCUT2D eigenvalue weighted by atomic mass is 9.93. The zero-order chi connectivity index (χ0) is 21.8. The van der Waals surface area contributed by atoms with E-state index in [1.165, 1.54) is 0 Å². The predicted octanol–water partition coefficient (Wildman–Crippen LogP) is 6.69. The van der Waals surface area contributed by atoms with Gasteiger partial charge in [-0.3, -0.25) is 4.79 Å². The summed E-state index contributed by atoms with van der Waals surface area (Å²) in [7, 11) is 0. The fourth-order valence-electron chi connectivity index (χ4n) is 4.04. The van der Waals surface area contributed by atoms with Gasteiger partial charge in [0.15, 0.2) is 5.78 Å². The van der Waals surface area contributed by atoms with Crippen molar-refractivity contribution in [3.8, 4) is 11.8 Å². The summed E-state index contributed by atoms with van der Waals surface area (Å²) in [6.45, 7) is 0. The van der Waals surface area contributed by atoms with Crippen LogP contribution in [0.3, 0.4) is 0 Å². The van der Waals surface area contributed by atoms with Crippen LogP contribution in [0.25, 0.3) is 16.7 Å². The lowest BCUT2D eigenvalue weighted by Gasteiger charge is -2.08. The molecule has 150 valence electrons. The lowest BCUT2D eigenvalue weighted by Crippen LogP contribution is -2.01. The van der Waals surface area contributed by atoms with E-state index in [0.717, 1.165) is 33.4 Å². The van der Waals surface area contributed by atoms with Gasteiger partial charge in [-0.1, -0.05) is 121 Å². The van der Waals surface area contributed by atoms with Crippen LogP contribution in [-0.4, -0.2) is 5.78 Å². The third kappa shape index (κ3) is 3.71. The molecule has 1 aliphatic carbocycles. The van der Waals surface area contributed by atoms with E-state index >= 15 is 0 Å². The Balaban J connectivity index is 1.81. The van der Waals surface area contributed by atoms with E-state index in [2.05, 4.69) is 11.8 Å². The molecule has 0 atom stereocenters. The molecule has 0 N–H and O–H groups in total. The molecule has 1 nitrogen and oxygen atoms in total. The van der Waals surface area contributed by atoms with E-state index in [4.69, 9.17) is 0 Å². The summed E-state index contributed by atoms with van der Waals surface area (Å²) in [6, 6.07) is 39.7. The number of benzene rings is 4. The molecule has 0 saturated heterocycles. The first-order valence-electron chi connectivity index (χ1n) is 10.6. The maximum atomic E-state index is 13.9. The van der Waals surface area contributed by atoms with Crippen molar-refractivity contribution in [3.05, 3.63) is 149 Å². The number of hydrogen-bond donors (Lipinski definition) is 0. The van der Waals surface area contributed by atoms with Crippen LogP contribution in [0.2, 0.25) is 0 Å². The van der Waals surface area contributed by atoms with Crippen LogP contribution in [0.1, 0.15) is 22.3 Å². The molecule has 0 heterocycles. The maximum absolute atomic E-state index is 13.9. The molecule has 1 heteroatoms. The number of carbonyl (C=O) groups excluding carboxylic acids is 1. The smallest absolute Gasteiger partial charge is 0.196 e. The summed E-state index contributed by atoms with van der Waals surface area (Å²) in [5.74, 6) is 6.67. The second-order valence-corrected chi connectivity index (χ2v) is 7.54. The van der Waals surface area contributed by atoms with Crippen molar-refractivity contribution in [2.45, 2.75) is 0 Å². The highest BCUT2D eigenvalue weighted by Crippen LogP contribution is 2.44. The number of hydrogen-bond acceptors (Lipinski definition) is 1. The van der Waals surface area contributed by atoms with E-state index in [-0.39, 0.29) is 5.78 Å². The summed E-state index contributed by atoms with van der Waals surface area (Å²) in [5.41, 5.74) is 6.72. The molecule has 0 radical (unpaired) electrons. The van der Waals surface area contributed by atoms with Gasteiger partial charge in [-0.25, -0.2) is 0 Å². The summed E-state index contributed by atoms with van der Waals surface area (Å²) in [5, 5.41) is 0. The highest BCUT2D eigenvalue weighted by Gasteiger charge is 2.34. The Bertz CT molecular complexity index is 1380. The summed E-state index contributed by atoms with van der Waals surface area (Å²) in [4.78, 5) is 13.9. The Morgan fingerprint density at radius 1 is 0.406 bits per heavy atom. The Kier molecular flexibility index (Phi) is 5.35. The molecular weight excluding hydrogens is 388 g/mol. The normalized spacial score (nSPS) is 13.2. The Hall–Kier alpha value is -4.41. The summed E-state index contributed by atoms with van der Waals surface area (Å²) >= 11 is 0. The maximum Gasteiger partial charge on any atom is 0.196 e. The third-order valence-corrected chi connectivity index (χ3v) is 5.50. The van der Waals surface area contributed by atoms with Crippen LogP contribution in [-0.2, 0) is 4.79 Å². The van der Waals surface area contributed by atoms with E-state index in [0.29, 0.717) is 11.1 Å². The molecule has 0 spiro atoms. The minimum atomic E-state index is 0.0126. The van der Waals surface area contributed by atoms with Crippen LogP contribution in [0.4, 0.5) is 0 Å². The Morgan fingerprint density at radius 3 is 1.31 bits per heavy atom. The molecular formula is C31H20O. The number of carbonyl (C=O) groups is 1. The van der Waals surface area contributed by atoms with Crippen LogP contribution in [0.5, 0.6) is 0 Å². The first-order chi connectivity index (χ1) is 15.8. The molecule has 5 rings (SSSR count). The SMILES string of the molecule is O=C1C(c2ccccc2)=C(C#Cc2ccccc2)C(c2ccccc2)=C1c1ccccc1. The first-order valence-corrected chi connectivity index (χ1v) is 10.6. The van der Waals surface area contributed by atoms with Gasteiger partial charge in [0.05, 0.1) is 0 Å². The summed E-state index contributed by atoms with van der Waals surface area (Å²) in [6.07, 6.45) is 0. The van der Waals surface area contributed by atoms with Gasteiger partial charge >= 0.3 is 0 Å². The second-order valence-electron chi connectivity index (χ2n) is 7.54. The van der Waals surface area contributed by atoms with Gasteiger partial charge in [-0.2, -0.15) is 0 Å². The van der Waals surface area contributed by atoms with E-state index in [9.17, 15) is 4.79 Å². The highest BCUT2D eigenvalue weighted by molar-refractivity contribution is 6.53. The van der Waals surface area contributed by atoms with Gasteiger partial charge in [0.1, 0.15) is 0 Å². The Morgan fingerprint density at radius 2 is 0.812 bits per heavy atom. The van der Waals surface area contributed by atoms with Crippen LogP contribution >= 0.6 is 0 Å². The van der Waals surface area contributed by atoms with Crippen LogP contribution in [0.15, 0.2) is 127 Å². The van der Waals surface area contributed by atoms with Gasteiger partial charge in [0.25, 0.3) is 0 Å². The van der Waals surface area contributed by atoms with Crippen molar-refractivity contribution < 1.29 is 4.79 Å². The number of allylic oxidation sites excluding steroid dienone is 4. The second kappa shape index (κ2) is 8.76. The quantitative estimate of drug-likeness (QED) is 0.345. The largest absolute Gasteiger partial charge is 0.288 e. The average molecular weight is 409 g/mol. The fraction of sp³-hybridized carbons (Fsp3) is 0. The lowest BCUT2D eigenvalue weighted by molar-refractivity contribution is -0.108. The molecule has 4 aromatic rings. The monoisotopic (exact) mass is 408 g/mol. The van der Waals surface area contributed by atoms with Gasteiger partial charge in [-0.05, 0) is 28.8 Å². The molecule has 0 aromatic heterocycles. The van der Waals surface area contributed by atoms with Gasteiger partial charge in [0, 0.05) is 27.9 Å². The number of ketones is 1. The average Bonchev–Trinajstić information content (AvgIpc) is 3.16. The topological polar surface area (TPSA) is 17.1 Å². The minimum Gasteiger partial charge on any atom is -0.288 e. The number of rotatable bonds is 3. The molecule has 1 aliphatic rings. The van der Waals surface area contributed by atoms with Crippen molar-refractivity contribution in [2.75, 3.05) is 0 Å². The van der Waals surface area contributed by atoms with Crippen LogP contribution < -0.4 is 0 Å². The van der Waals surface area contributed by atoms with Crippen molar-refractivity contribution in [2.24, 2.45) is 0 Å². The van der Waals surface area contributed by atoms with Crippen LogP contribution in [0, 0.1) is 11.8 Å². The molecule has 0 unspecified atom stereocenters. The Labute approximate surface area is 188 Å². The highest BCUT2D eigenvalue weighted by atomic mass is 16.1. The van der Waals surface area contributed by atoms with E-state index in [1.54, 1.807) is 0 Å². The summed E-state index contributed by atoms with van der Waals surface area (Å²) < 4.78 is 0. The van der Waals surface area contributed by atoms with Gasteiger partial charge in [-0.15, -0.1) is 0 Å². The zero-order valence-corrected chi connectivity index (χ0v) is 17.5. The van der Waals surface area contributed by atoms with Crippen molar-refractivity contribution in [1.82, 2.24) is 0 Å². The number of Topliss-reactive ketones (excluding diaryl/α,β-unsaturated/α-hetero) is 1. The molecule has 32 heavy (non-hydrogen) atoms. The van der Waals surface area contributed by atoms with Crippen molar-refractivity contribution in [3.63, 3.8) is 0 Å². The van der Waals surface area contributed by atoms with Crippen molar-refractivity contribution in [1.29, 1.82) is 0 Å². The minimum absolute atomic E-state index is 0.0126. The molecule has 0 bridgehead atoms.